The van der Waals surface area contributed by atoms with Crippen molar-refractivity contribution in [3.05, 3.63) is 107 Å². The largest absolute Gasteiger partial charge is 0.347 e. The Kier molecular flexibility index (Phi) is 6.10. The van der Waals surface area contributed by atoms with Gasteiger partial charge in [-0.2, -0.15) is 0 Å². The van der Waals surface area contributed by atoms with Crippen LogP contribution < -0.4 is 5.32 Å². The molecule has 1 heterocycles. The first-order chi connectivity index (χ1) is 14.7. The average Bonchev–Trinajstić information content (AvgIpc) is 3.17. The third kappa shape index (κ3) is 4.22. The number of hydrogen-bond acceptors (Lipinski definition) is 2. The Morgan fingerprint density at radius 2 is 1.63 bits per heavy atom. The Morgan fingerprint density at radius 3 is 2.37 bits per heavy atom. The molecule has 3 nitrogen and oxygen atoms in total. The maximum Gasteiger partial charge on any atom is 0.186 e. The Hall–Kier alpha value is -3.17. The molecule has 0 radical (unpaired) electrons. The Balaban J connectivity index is 1.61. The van der Waals surface area contributed by atoms with E-state index in [2.05, 4.69) is 54.1 Å². The van der Waals surface area contributed by atoms with Gasteiger partial charge >= 0.3 is 0 Å². The molecular formula is C27H28N2O. The maximum absolute atomic E-state index is 13.7. The van der Waals surface area contributed by atoms with Crippen molar-refractivity contribution in [2.24, 2.45) is 0 Å². The molecule has 30 heavy (non-hydrogen) atoms. The van der Waals surface area contributed by atoms with E-state index in [0.29, 0.717) is 0 Å². The van der Waals surface area contributed by atoms with Crippen LogP contribution in [0.1, 0.15) is 40.0 Å². The van der Waals surface area contributed by atoms with Crippen LogP contribution in [0.2, 0.25) is 0 Å². The fraction of sp³-hybridized carbons (Fsp3) is 0.222. The lowest BCUT2D eigenvalue weighted by Gasteiger charge is -2.18. The van der Waals surface area contributed by atoms with Crippen LogP contribution in [-0.2, 0) is 13.0 Å². The van der Waals surface area contributed by atoms with Crippen LogP contribution in [0.4, 0.5) is 0 Å². The van der Waals surface area contributed by atoms with Gasteiger partial charge in [-0.1, -0.05) is 78.4 Å². The molecule has 1 N–H and O–H groups in total. The van der Waals surface area contributed by atoms with Gasteiger partial charge in [0.05, 0.1) is 6.04 Å². The van der Waals surface area contributed by atoms with Crippen molar-refractivity contribution in [2.45, 2.75) is 32.9 Å². The van der Waals surface area contributed by atoms with E-state index in [1.54, 1.807) is 0 Å². The summed E-state index contributed by atoms with van der Waals surface area (Å²) in [6, 6.07) is 26.4. The number of nitrogens with one attached hydrogen (secondary N) is 1. The van der Waals surface area contributed by atoms with Crippen molar-refractivity contribution in [3.63, 3.8) is 0 Å². The van der Waals surface area contributed by atoms with Crippen molar-refractivity contribution >= 4 is 16.7 Å². The molecule has 0 saturated carbocycles. The minimum Gasteiger partial charge on any atom is -0.347 e. The summed E-state index contributed by atoms with van der Waals surface area (Å²) in [5.41, 5.74) is 5.42. The number of hydrogen-bond donors (Lipinski definition) is 1. The molecule has 0 spiro atoms. The van der Waals surface area contributed by atoms with Gasteiger partial charge in [0.25, 0.3) is 0 Å². The molecule has 0 amide bonds. The standard InChI is InChI=1S/C27H28N2O/c1-3-29-19-24(23-11-7-8-12-25(23)29)27(30)26(22-9-5-4-6-10-22)28-18-17-21-15-13-20(2)14-16-21/h4-16,19,26,28H,3,17-18H2,1-2H3/t26-/m0/s1. The Labute approximate surface area is 178 Å². The van der Waals surface area contributed by atoms with Crippen molar-refractivity contribution in [3.8, 4) is 0 Å². The van der Waals surface area contributed by atoms with Gasteiger partial charge in [0.2, 0.25) is 0 Å². The van der Waals surface area contributed by atoms with E-state index in [1.165, 1.54) is 11.1 Å². The van der Waals surface area contributed by atoms with Crippen molar-refractivity contribution in [1.29, 1.82) is 0 Å². The summed E-state index contributed by atoms with van der Waals surface area (Å²) in [4.78, 5) is 13.7. The number of carbonyl (C=O) groups excluding carboxylic acids is 1. The third-order valence-electron chi connectivity index (χ3n) is 5.67. The van der Waals surface area contributed by atoms with Gasteiger partial charge in [-0.3, -0.25) is 4.79 Å². The lowest BCUT2D eigenvalue weighted by atomic mass is 9.96. The van der Waals surface area contributed by atoms with E-state index in [-0.39, 0.29) is 11.8 Å². The van der Waals surface area contributed by atoms with Gasteiger partial charge in [-0.25, -0.2) is 0 Å². The number of para-hydroxylation sites is 1. The third-order valence-corrected chi connectivity index (χ3v) is 5.67. The molecule has 0 aliphatic rings. The molecule has 0 bridgehead atoms. The Morgan fingerprint density at radius 1 is 0.933 bits per heavy atom. The van der Waals surface area contributed by atoms with Crippen molar-refractivity contribution < 1.29 is 4.79 Å². The zero-order valence-corrected chi connectivity index (χ0v) is 17.6. The zero-order valence-electron chi connectivity index (χ0n) is 17.6. The molecule has 4 rings (SSSR count). The van der Waals surface area contributed by atoms with E-state index in [0.717, 1.165) is 41.5 Å². The molecule has 0 unspecified atom stereocenters. The van der Waals surface area contributed by atoms with E-state index in [1.807, 2.05) is 54.7 Å². The second-order valence-electron chi connectivity index (χ2n) is 7.74. The van der Waals surface area contributed by atoms with Crippen molar-refractivity contribution in [1.82, 2.24) is 9.88 Å². The van der Waals surface area contributed by atoms with Gasteiger partial charge in [0.15, 0.2) is 5.78 Å². The second-order valence-corrected chi connectivity index (χ2v) is 7.74. The second kappa shape index (κ2) is 9.10. The number of nitrogens with zero attached hydrogens (tertiary/aromatic N) is 1. The summed E-state index contributed by atoms with van der Waals surface area (Å²) in [5.74, 6) is 0.119. The average molecular weight is 397 g/mol. The van der Waals surface area contributed by atoms with Gasteiger partial charge < -0.3 is 9.88 Å². The molecule has 1 atom stereocenters. The molecule has 0 fully saturated rings. The van der Waals surface area contributed by atoms with E-state index < -0.39 is 0 Å². The van der Waals surface area contributed by atoms with E-state index >= 15 is 0 Å². The number of ketones is 1. The fourth-order valence-electron chi connectivity index (χ4n) is 3.98. The molecule has 0 aliphatic carbocycles. The highest BCUT2D eigenvalue weighted by Crippen LogP contribution is 2.27. The van der Waals surface area contributed by atoms with Crippen LogP contribution >= 0.6 is 0 Å². The fourth-order valence-corrected chi connectivity index (χ4v) is 3.98. The van der Waals surface area contributed by atoms with Crippen LogP contribution in [0.25, 0.3) is 10.9 Å². The summed E-state index contributed by atoms with van der Waals surface area (Å²) >= 11 is 0. The monoisotopic (exact) mass is 396 g/mol. The zero-order chi connectivity index (χ0) is 20.9. The van der Waals surface area contributed by atoms with Gasteiger partial charge in [0.1, 0.15) is 0 Å². The van der Waals surface area contributed by atoms with Gasteiger partial charge in [-0.05, 0) is 37.5 Å². The highest BCUT2D eigenvalue weighted by Gasteiger charge is 2.24. The minimum atomic E-state index is -0.368. The first-order valence-electron chi connectivity index (χ1n) is 10.6. The molecule has 1 aromatic heterocycles. The predicted molar refractivity (Wildman–Crippen MR) is 124 cm³/mol. The first-order valence-corrected chi connectivity index (χ1v) is 10.6. The molecule has 0 saturated heterocycles. The summed E-state index contributed by atoms with van der Waals surface area (Å²) in [5, 5.41) is 4.55. The number of fused-ring (bicyclic) bond motifs is 1. The lowest BCUT2D eigenvalue weighted by molar-refractivity contribution is 0.0944. The molecule has 152 valence electrons. The summed E-state index contributed by atoms with van der Waals surface area (Å²) in [6.45, 7) is 5.78. The number of rotatable bonds is 8. The first kappa shape index (κ1) is 20.1. The predicted octanol–water partition coefficient (Wildman–Crippen LogP) is 5.73. The van der Waals surface area contributed by atoms with E-state index in [9.17, 15) is 4.79 Å². The van der Waals surface area contributed by atoms with Gasteiger partial charge in [-0.15, -0.1) is 0 Å². The summed E-state index contributed by atoms with van der Waals surface area (Å²) in [7, 11) is 0. The molecule has 3 aromatic carbocycles. The van der Waals surface area contributed by atoms with Crippen LogP contribution in [0, 0.1) is 6.92 Å². The van der Waals surface area contributed by atoms with Crippen molar-refractivity contribution in [2.75, 3.05) is 6.54 Å². The highest BCUT2D eigenvalue weighted by atomic mass is 16.1. The molecular weight excluding hydrogens is 368 g/mol. The minimum absolute atomic E-state index is 0.119. The lowest BCUT2D eigenvalue weighted by Crippen LogP contribution is -2.30. The molecule has 3 heteroatoms. The maximum atomic E-state index is 13.7. The number of aromatic nitrogens is 1. The topological polar surface area (TPSA) is 34.0 Å². The van der Waals surface area contributed by atoms with Crippen LogP contribution in [-0.4, -0.2) is 16.9 Å². The van der Waals surface area contributed by atoms with Crippen LogP contribution in [0.5, 0.6) is 0 Å². The summed E-state index contributed by atoms with van der Waals surface area (Å²) in [6.07, 6.45) is 2.89. The molecule has 0 aliphatic heterocycles. The number of Topliss-reactive ketones (excluding diaryl/α,β-unsaturated/α-hetero) is 1. The quantitative estimate of drug-likeness (QED) is 0.386. The number of benzene rings is 3. The molecule has 4 aromatic rings. The van der Waals surface area contributed by atoms with Crippen LogP contribution in [0.3, 0.4) is 0 Å². The Bertz CT molecular complexity index is 1130. The van der Waals surface area contributed by atoms with Crippen LogP contribution in [0.15, 0.2) is 85.1 Å². The highest BCUT2D eigenvalue weighted by molar-refractivity contribution is 6.10. The number of aryl methyl sites for hydroxylation is 2. The number of carbonyl (C=O) groups is 1. The SMILES string of the molecule is CCn1cc(C(=O)[C@@H](NCCc2ccc(C)cc2)c2ccccc2)c2ccccc21. The van der Waals surface area contributed by atoms with Gasteiger partial charge in [0, 0.05) is 35.8 Å². The normalized spacial score (nSPS) is 12.2. The summed E-state index contributed by atoms with van der Waals surface area (Å²) < 4.78 is 2.15. The smallest absolute Gasteiger partial charge is 0.186 e. The van der Waals surface area contributed by atoms with E-state index in [4.69, 9.17) is 0 Å².